The molecule has 1 aromatic rings. The molecule has 2 heterocycles. The quantitative estimate of drug-likeness (QED) is 0.716. The highest BCUT2D eigenvalue weighted by Crippen LogP contribution is 2.18. The van der Waals surface area contributed by atoms with E-state index >= 15 is 0 Å². The Labute approximate surface area is 93.8 Å². The van der Waals surface area contributed by atoms with Crippen molar-refractivity contribution in [2.24, 2.45) is 5.92 Å². The number of rotatable bonds is 3. The van der Waals surface area contributed by atoms with Crippen LogP contribution in [0.3, 0.4) is 0 Å². The fourth-order valence-electron chi connectivity index (χ4n) is 1.72. The molecule has 0 aliphatic carbocycles. The van der Waals surface area contributed by atoms with E-state index in [0.29, 0.717) is 18.2 Å². The lowest BCUT2D eigenvalue weighted by Crippen LogP contribution is -2.26. The minimum atomic E-state index is -0.0727. The number of hydrogen-bond donors (Lipinski definition) is 0. The molecule has 1 atom stereocenters. The molecule has 1 aliphatic rings. The molecule has 2 rings (SSSR count). The fourth-order valence-corrected chi connectivity index (χ4v) is 1.72. The number of Topliss-reactive ketones (excluding diaryl/α,β-unsaturated/α-hetero) is 1. The molecular weight excluding hydrogens is 208 g/mol. The van der Waals surface area contributed by atoms with Gasteiger partial charge in [-0.3, -0.25) is 4.79 Å². The summed E-state index contributed by atoms with van der Waals surface area (Å²) in [6.45, 7) is 1.24. The van der Waals surface area contributed by atoms with Crippen LogP contribution in [0.15, 0.2) is 12.1 Å². The van der Waals surface area contributed by atoms with Crippen molar-refractivity contribution in [2.75, 3.05) is 20.3 Å². The van der Waals surface area contributed by atoms with Crippen LogP contribution in [-0.4, -0.2) is 36.3 Å². The Balaban J connectivity index is 2.07. The average Bonchev–Trinajstić information content (AvgIpc) is 2.39. The van der Waals surface area contributed by atoms with Crippen molar-refractivity contribution in [3.63, 3.8) is 0 Å². The van der Waals surface area contributed by atoms with Gasteiger partial charge >= 0.3 is 0 Å². The predicted octanol–water partition coefficient (Wildman–Crippen LogP) is 1.09. The number of nitrogens with zero attached hydrogens (tertiary/aromatic N) is 2. The first-order valence-corrected chi connectivity index (χ1v) is 5.31. The molecule has 0 spiro atoms. The Bertz CT molecular complexity index is 358. The lowest BCUT2D eigenvalue weighted by molar-refractivity contribution is 0.0457. The van der Waals surface area contributed by atoms with Crippen LogP contribution in [0.5, 0.6) is 5.88 Å². The second kappa shape index (κ2) is 5.03. The second-order valence-electron chi connectivity index (χ2n) is 3.74. The molecule has 0 aromatic carbocycles. The first-order chi connectivity index (χ1) is 7.81. The number of ether oxygens (including phenoxy) is 2. The van der Waals surface area contributed by atoms with Gasteiger partial charge in [0.25, 0.3) is 0 Å². The maximum Gasteiger partial charge on any atom is 0.233 e. The van der Waals surface area contributed by atoms with Crippen molar-refractivity contribution in [3.05, 3.63) is 17.8 Å². The molecule has 1 fully saturated rings. The van der Waals surface area contributed by atoms with E-state index in [4.69, 9.17) is 9.47 Å². The summed E-state index contributed by atoms with van der Waals surface area (Å²) in [5, 5.41) is 7.62. The molecule has 0 N–H and O–H groups in total. The molecular formula is C11H14N2O3. The second-order valence-corrected chi connectivity index (χ2v) is 3.74. The van der Waals surface area contributed by atoms with Gasteiger partial charge in [0.1, 0.15) is 5.69 Å². The maximum atomic E-state index is 12.0. The third-order valence-corrected chi connectivity index (χ3v) is 2.63. The Morgan fingerprint density at radius 3 is 2.94 bits per heavy atom. The SMILES string of the molecule is COc1ccc(C(=O)C2CCCOC2)nn1. The van der Waals surface area contributed by atoms with Crippen LogP contribution in [0, 0.1) is 5.92 Å². The molecule has 1 aliphatic heterocycles. The molecule has 1 unspecified atom stereocenters. The zero-order valence-electron chi connectivity index (χ0n) is 9.18. The van der Waals surface area contributed by atoms with Gasteiger partial charge in [0.15, 0.2) is 5.78 Å². The Hall–Kier alpha value is -1.49. The highest BCUT2D eigenvalue weighted by atomic mass is 16.5. The van der Waals surface area contributed by atoms with Crippen molar-refractivity contribution < 1.29 is 14.3 Å². The van der Waals surface area contributed by atoms with Gasteiger partial charge in [-0.15, -0.1) is 10.2 Å². The normalized spacial score (nSPS) is 20.4. The Morgan fingerprint density at radius 2 is 2.38 bits per heavy atom. The zero-order valence-corrected chi connectivity index (χ0v) is 9.18. The topological polar surface area (TPSA) is 61.3 Å². The molecule has 0 bridgehead atoms. The summed E-state index contributed by atoms with van der Waals surface area (Å²) in [4.78, 5) is 12.0. The van der Waals surface area contributed by atoms with Crippen LogP contribution < -0.4 is 4.74 Å². The molecule has 1 saturated heterocycles. The highest BCUT2D eigenvalue weighted by Gasteiger charge is 2.24. The van der Waals surface area contributed by atoms with Crippen molar-refractivity contribution in [2.45, 2.75) is 12.8 Å². The monoisotopic (exact) mass is 222 g/mol. The lowest BCUT2D eigenvalue weighted by atomic mass is 9.95. The van der Waals surface area contributed by atoms with Gasteiger partial charge in [-0.25, -0.2) is 0 Å². The first-order valence-electron chi connectivity index (χ1n) is 5.31. The molecule has 0 amide bonds. The van der Waals surface area contributed by atoms with Crippen LogP contribution >= 0.6 is 0 Å². The molecule has 5 heteroatoms. The van der Waals surface area contributed by atoms with Gasteiger partial charge in [-0.05, 0) is 18.9 Å². The van der Waals surface area contributed by atoms with E-state index in [1.165, 1.54) is 7.11 Å². The summed E-state index contributed by atoms with van der Waals surface area (Å²) < 4.78 is 10.2. The van der Waals surface area contributed by atoms with Crippen LogP contribution in [0.1, 0.15) is 23.3 Å². The Morgan fingerprint density at radius 1 is 1.50 bits per heavy atom. The number of carbonyl (C=O) groups is 1. The smallest absolute Gasteiger partial charge is 0.233 e. The summed E-state index contributed by atoms with van der Waals surface area (Å²) in [6, 6.07) is 3.28. The number of methoxy groups -OCH3 is 1. The summed E-state index contributed by atoms with van der Waals surface area (Å²) in [7, 11) is 1.51. The molecule has 0 radical (unpaired) electrons. The molecule has 0 saturated carbocycles. The summed E-state index contributed by atoms with van der Waals surface area (Å²) in [6.07, 6.45) is 1.80. The van der Waals surface area contributed by atoms with Crippen molar-refractivity contribution in [3.8, 4) is 5.88 Å². The first kappa shape index (κ1) is 11.0. The number of ketones is 1. The van der Waals surface area contributed by atoms with Crippen molar-refractivity contribution in [1.29, 1.82) is 0 Å². The van der Waals surface area contributed by atoms with Crippen LogP contribution in [0.4, 0.5) is 0 Å². The number of carbonyl (C=O) groups excluding carboxylic acids is 1. The fraction of sp³-hybridized carbons (Fsp3) is 0.545. The summed E-state index contributed by atoms with van der Waals surface area (Å²) >= 11 is 0. The van der Waals surface area contributed by atoms with E-state index in [-0.39, 0.29) is 11.7 Å². The Kier molecular flexibility index (Phi) is 3.46. The van der Waals surface area contributed by atoms with E-state index in [1.54, 1.807) is 12.1 Å². The van der Waals surface area contributed by atoms with Gasteiger partial charge < -0.3 is 9.47 Å². The van der Waals surface area contributed by atoms with Crippen molar-refractivity contribution >= 4 is 5.78 Å². The van der Waals surface area contributed by atoms with Gasteiger partial charge in [-0.2, -0.15) is 0 Å². The van der Waals surface area contributed by atoms with Crippen molar-refractivity contribution in [1.82, 2.24) is 10.2 Å². The lowest BCUT2D eigenvalue weighted by Gasteiger charge is -2.20. The van der Waals surface area contributed by atoms with E-state index in [0.717, 1.165) is 19.4 Å². The molecule has 16 heavy (non-hydrogen) atoms. The maximum absolute atomic E-state index is 12.0. The predicted molar refractivity (Wildman–Crippen MR) is 56.5 cm³/mol. The molecule has 1 aromatic heterocycles. The van der Waals surface area contributed by atoms with E-state index in [2.05, 4.69) is 10.2 Å². The van der Waals surface area contributed by atoms with E-state index < -0.39 is 0 Å². The third-order valence-electron chi connectivity index (χ3n) is 2.63. The van der Waals surface area contributed by atoms with E-state index in [9.17, 15) is 4.79 Å². The minimum absolute atomic E-state index is 0.00912. The largest absolute Gasteiger partial charge is 0.480 e. The van der Waals surface area contributed by atoms with E-state index in [1.807, 2.05) is 0 Å². The molecule has 86 valence electrons. The third kappa shape index (κ3) is 2.36. The highest BCUT2D eigenvalue weighted by molar-refractivity contribution is 5.96. The number of hydrogen-bond acceptors (Lipinski definition) is 5. The minimum Gasteiger partial charge on any atom is -0.480 e. The van der Waals surface area contributed by atoms with Gasteiger partial charge in [0.05, 0.1) is 13.7 Å². The standard InChI is InChI=1S/C11H14N2O3/c1-15-10-5-4-9(12-13-10)11(14)8-3-2-6-16-7-8/h4-5,8H,2-3,6-7H2,1H3. The number of aromatic nitrogens is 2. The zero-order chi connectivity index (χ0) is 11.4. The van der Waals surface area contributed by atoms with Gasteiger partial charge in [-0.1, -0.05) is 0 Å². The van der Waals surface area contributed by atoms with Crippen LogP contribution in [-0.2, 0) is 4.74 Å². The average molecular weight is 222 g/mol. The van der Waals surface area contributed by atoms with Crippen LogP contribution in [0.25, 0.3) is 0 Å². The van der Waals surface area contributed by atoms with Crippen LogP contribution in [0.2, 0.25) is 0 Å². The summed E-state index contributed by atoms with van der Waals surface area (Å²) in [5.41, 5.74) is 0.385. The van der Waals surface area contributed by atoms with Gasteiger partial charge in [0, 0.05) is 18.6 Å². The summed E-state index contributed by atoms with van der Waals surface area (Å²) in [5.74, 6) is 0.350. The molecule has 5 nitrogen and oxygen atoms in total. The van der Waals surface area contributed by atoms with Gasteiger partial charge in [0.2, 0.25) is 5.88 Å².